The Kier molecular flexibility index (Phi) is 6.28. The van der Waals surface area contributed by atoms with Crippen molar-refractivity contribution in [3.8, 4) is 0 Å². The van der Waals surface area contributed by atoms with Crippen LogP contribution in [0.3, 0.4) is 0 Å². The van der Waals surface area contributed by atoms with Gasteiger partial charge in [-0.3, -0.25) is 4.68 Å². The van der Waals surface area contributed by atoms with Crippen molar-refractivity contribution in [3.05, 3.63) is 17.5 Å². The smallest absolute Gasteiger partial charge is 0.0624 e. The third-order valence-electron chi connectivity index (χ3n) is 5.21. The minimum absolute atomic E-state index is 0.197. The summed E-state index contributed by atoms with van der Waals surface area (Å²) in [7, 11) is 1.99. The molecule has 0 saturated heterocycles. The van der Waals surface area contributed by atoms with Gasteiger partial charge < -0.3 is 5.11 Å². The number of aliphatic hydroxyl groups is 1. The lowest BCUT2D eigenvalue weighted by Gasteiger charge is -2.31. The molecule has 0 bridgehead atoms. The Morgan fingerprint density at radius 3 is 2.57 bits per heavy atom. The standard InChI is InChI=1S/C18H32N2O/c1-4-6-7-14-8-10-15(11-9-14)18(21)13-17-12-16(5-2)19-20(17)3/h12,14-15,18,21H,4-11,13H2,1-3H3. The monoisotopic (exact) mass is 292 g/mol. The van der Waals surface area contributed by atoms with E-state index >= 15 is 0 Å². The van der Waals surface area contributed by atoms with Crippen molar-refractivity contribution in [3.63, 3.8) is 0 Å². The number of nitrogens with zero attached hydrogens (tertiary/aromatic N) is 2. The second kappa shape index (κ2) is 7.98. The first-order chi connectivity index (χ1) is 10.1. The van der Waals surface area contributed by atoms with Crippen LogP contribution in [0.2, 0.25) is 0 Å². The summed E-state index contributed by atoms with van der Waals surface area (Å²) < 4.78 is 1.94. The third-order valence-corrected chi connectivity index (χ3v) is 5.21. The molecule has 1 atom stereocenters. The molecule has 1 aromatic heterocycles. The Morgan fingerprint density at radius 2 is 2.00 bits per heavy atom. The van der Waals surface area contributed by atoms with Crippen molar-refractivity contribution in [2.45, 2.75) is 77.7 Å². The average Bonchev–Trinajstić information content (AvgIpc) is 2.86. The Labute approximate surface area is 129 Å². The lowest BCUT2D eigenvalue weighted by Crippen LogP contribution is -2.28. The molecule has 120 valence electrons. The summed E-state index contributed by atoms with van der Waals surface area (Å²) in [6, 6.07) is 2.15. The molecule has 1 aromatic rings. The largest absolute Gasteiger partial charge is 0.392 e. The lowest BCUT2D eigenvalue weighted by atomic mass is 9.77. The van der Waals surface area contributed by atoms with E-state index in [9.17, 15) is 5.11 Å². The maximum Gasteiger partial charge on any atom is 0.0624 e. The average molecular weight is 292 g/mol. The van der Waals surface area contributed by atoms with Gasteiger partial charge in [0.05, 0.1) is 11.8 Å². The minimum atomic E-state index is -0.197. The van der Waals surface area contributed by atoms with E-state index in [1.807, 2.05) is 11.7 Å². The van der Waals surface area contributed by atoms with E-state index in [-0.39, 0.29) is 6.10 Å². The van der Waals surface area contributed by atoms with Crippen molar-refractivity contribution >= 4 is 0 Å². The van der Waals surface area contributed by atoms with Crippen LogP contribution in [0.5, 0.6) is 0 Å². The summed E-state index contributed by atoms with van der Waals surface area (Å²) in [6.07, 6.45) is 10.6. The van der Waals surface area contributed by atoms with Crippen LogP contribution in [0.4, 0.5) is 0 Å². The highest BCUT2D eigenvalue weighted by Crippen LogP contribution is 2.34. The van der Waals surface area contributed by atoms with Crippen LogP contribution in [-0.4, -0.2) is 21.0 Å². The molecule has 1 aliphatic carbocycles. The van der Waals surface area contributed by atoms with Crippen molar-refractivity contribution in [1.29, 1.82) is 0 Å². The van der Waals surface area contributed by atoms with E-state index in [1.54, 1.807) is 0 Å². The van der Waals surface area contributed by atoms with Gasteiger partial charge in [0.1, 0.15) is 0 Å². The van der Waals surface area contributed by atoms with E-state index in [0.29, 0.717) is 5.92 Å². The number of aryl methyl sites for hydroxylation is 2. The molecule has 21 heavy (non-hydrogen) atoms. The SMILES string of the molecule is CCCCC1CCC(C(O)Cc2cc(CC)nn2C)CC1. The van der Waals surface area contributed by atoms with Gasteiger partial charge in [0.15, 0.2) is 0 Å². The van der Waals surface area contributed by atoms with Gasteiger partial charge in [-0.2, -0.15) is 5.10 Å². The van der Waals surface area contributed by atoms with Crippen LogP contribution in [0.1, 0.15) is 70.2 Å². The van der Waals surface area contributed by atoms with E-state index in [2.05, 4.69) is 25.0 Å². The van der Waals surface area contributed by atoms with Crippen molar-refractivity contribution < 1.29 is 5.11 Å². The van der Waals surface area contributed by atoms with Crippen LogP contribution in [0.25, 0.3) is 0 Å². The molecule has 3 heteroatoms. The van der Waals surface area contributed by atoms with Crippen molar-refractivity contribution in [2.75, 3.05) is 0 Å². The Morgan fingerprint density at radius 1 is 1.29 bits per heavy atom. The molecule has 3 nitrogen and oxygen atoms in total. The molecule has 1 aliphatic rings. The van der Waals surface area contributed by atoms with Gasteiger partial charge in [-0.1, -0.05) is 46.0 Å². The molecule has 0 aromatic carbocycles. The van der Waals surface area contributed by atoms with E-state index < -0.39 is 0 Å². The first-order valence-corrected chi connectivity index (χ1v) is 8.83. The summed E-state index contributed by atoms with van der Waals surface area (Å²) in [5.74, 6) is 1.40. The van der Waals surface area contributed by atoms with Crippen LogP contribution in [0, 0.1) is 11.8 Å². The van der Waals surface area contributed by atoms with Crippen LogP contribution >= 0.6 is 0 Å². The highest BCUT2D eigenvalue weighted by Gasteiger charge is 2.26. The molecule has 0 aliphatic heterocycles. The molecule has 0 amide bonds. The Hall–Kier alpha value is -0.830. The summed E-state index contributed by atoms with van der Waals surface area (Å²) >= 11 is 0. The second-order valence-corrected chi connectivity index (χ2v) is 6.80. The van der Waals surface area contributed by atoms with Crippen LogP contribution in [0.15, 0.2) is 6.07 Å². The fourth-order valence-electron chi connectivity index (χ4n) is 3.67. The number of unbranched alkanes of at least 4 members (excludes halogenated alkanes) is 1. The molecule has 2 rings (SSSR count). The first-order valence-electron chi connectivity index (χ1n) is 8.83. The zero-order chi connectivity index (χ0) is 15.2. The summed E-state index contributed by atoms with van der Waals surface area (Å²) in [4.78, 5) is 0. The number of hydrogen-bond acceptors (Lipinski definition) is 2. The Balaban J connectivity index is 1.81. The van der Waals surface area contributed by atoms with Gasteiger partial charge in [-0.05, 0) is 37.2 Å². The molecule has 1 fully saturated rings. The maximum absolute atomic E-state index is 10.6. The van der Waals surface area contributed by atoms with Crippen molar-refractivity contribution in [2.24, 2.45) is 18.9 Å². The number of aromatic nitrogens is 2. The molecule has 1 unspecified atom stereocenters. The van der Waals surface area contributed by atoms with Crippen LogP contribution in [-0.2, 0) is 19.9 Å². The van der Waals surface area contributed by atoms with Gasteiger partial charge in [0.2, 0.25) is 0 Å². The third kappa shape index (κ3) is 4.57. The summed E-state index contributed by atoms with van der Waals surface area (Å²) in [5.41, 5.74) is 2.30. The fraction of sp³-hybridized carbons (Fsp3) is 0.833. The van der Waals surface area contributed by atoms with Crippen molar-refractivity contribution in [1.82, 2.24) is 9.78 Å². The predicted octanol–water partition coefficient (Wildman–Crippen LogP) is 3.88. The molecule has 1 saturated carbocycles. The molecule has 0 radical (unpaired) electrons. The van der Waals surface area contributed by atoms with E-state index in [1.165, 1.54) is 50.6 Å². The molecule has 0 spiro atoms. The van der Waals surface area contributed by atoms with Gasteiger partial charge in [0.25, 0.3) is 0 Å². The number of aliphatic hydroxyl groups excluding tert-OH is 1. The molecular formula is C18H32N2O. The highest BCUT2D eigenvalue weighted by atomic mass is 16.3. The van der Waals surface area contributed by atoms with Gasteiger partial charge in [-0.25, -0.2) is 0 Å². The minimum Gasteiger partial charge on any atom is -0.392 e. The summed E-state index contributed by atoms with van der Waals surface area (Å²) in [6.45, 7) is 4.40. The van der Waals surface area contributed by atoms with E-state index in [0.717, 1.165) is 24.5 Å². The topological polar surface area (TPSA) is 38.1 Å². The zero-order valence-electron chi connectivity index (χ0n) is 14.0. The first kappa shape index (κ1) is 16.5. The molecular weight excluding hydrogens is 260 g/mol. The van der Waals surface area contributed by atoms with Gasteiger partial charge in [-0.15, -0.1) is 0 Å². The van der Waals surface area contributed by atoms with Crippen LogP contribution < -0.4 is 0 Å². The lowest BCUT2D eigenvalue weighted by molar-refractivity contribution is 0.0711. The molecule has 1 N–H and O–H groups in total. The summed E-state index contributed by atoms with van der Waals surface area (Å²) in [5, 5.41) is 15.0. The normalized spacial score (nSPS) is 24.2. The van der Waals surface area contributed by atoms with Gasteiger partial charge in [0, 0.05) is 19.2 Å². The van der Waals surface area contributed by atoms with E-state index in [4.69, 9.17) is 0 Å². The number of hydrogen-bond donors (Lipinski definition) is 1. The number of rotatable bonds is 7. The fourth-order valence-corrected chi connectivity index (χ4v) is 3.67. The Bertz CT molecular complexity index is 419. The predicted molar refractivity (Wildman–Crippen MR) is 87.3 cm³/mol. The zero-order valence-corrected chi connectivity index (χ0v) is 14.0. The highest BCUT2D eigenvalue weighted by molar-refractivity contribution is 5.11. The maximum atomic E-state index is 10.6. The molecule has 1 heterocycles. The second-order valence-electron chi connectivity index (χ2n) is 6.80. The van der Waals surface area contributed by atoms with Gasteiger partial charge >= 0.3 is 0 Å². The quantitative estimate of drug-likeness (QED) is 0.828.